The minimum Gasteiger partial charge on any atom is -0.462 e. The van der Waals surface area contributed by atoms with Gasteiger partial charge in [-0.2, -0.15) is 0 Å². The first-order valence-corrected chi connectivity index (χ1v) is 6.63. The molecule has 2 nitrogen and oxygen atoms in total. The van der Waals surface area contributed by atoms with E-state index in [4.69, 9.17) is 4.74 Å². The lowest BCUT2D eigenvalue weighted by Crippen LogP contribution is -2.38. The van der Waals surface area contributed by atoms with Crippen LogP contribution in [0, 0.1) is 5.92 Å². The highest BCUT2D eigenvalue weighted by Gasteiger charge is 2.37. The summed E-state index contributed by atoms with van der Waals surface area (Å²) in [5.41, 5.74) is -0.507. The van der Waals surface area contributed by atoms with E-state index in [0.29, 0.717) is 5.92 Å². The van der Waals surface area contributed by atoms with Crippen molar-refractivity contribution in [1.29, 1.82) is 0 Å². The first-order valence-electron chi connectivity index (χ1n) is 5.75. The Morgan fingerprint density at radius 2 is 2.19 bits per heavy atom. The normalized spacial score (nSPS) is 24.9. The molecule has 1 aliphatic rings. The van der Waals surface area contributed by atoms with Crippen molar-refractivity contribution in [3.05, 3.63) is 22.4 Å². The molecule has 2 rings (SSSR count). The summed E-state index contributed by atoms with van der Waals surface area (Å²) in [7, 11) is 0. The molecule has 0 N–H and O–H groups in total. The van der Waals surface area contributed by atoms with E-state index in [2.05, 4.69) is 6.92 Å². The first-order chi connectivity index (χ1) is 7.50. The minimum atomic E-state index is -0.507. The van der Waals surface area contributed by atoms with Gasteiger partial charge in [0.1, 0.15) is 6.10 Å². The Labute approximate surface area is 101 Å². The van der Waals surface area contributed by atoms with Gasteiger partial charge in [0.05, 0.1) is 5.41 Å². The summed E-state index contributed by atoms with van der Waals surface area (Å²) in [6.07, 6.45) is 2.19. The second-order valence-corrected chi connectivity index (χ2v) is 6.15. The van der Waals surface area contributed by atoms with Crippen LogP contribution in [0.2, 0.25) is 0 Å². The molecule has 1 aromatic heterocycles. The summed E-state index contributed by atoms with van der Waals surface area (Å²) in [4.78, 5) is 13.1. The summed E-state index contributed by atoms with van der Waals surface area (Å²) in [6, 6.07) is 3.97. The molecule has 1 heterocycles. The van der Waals surface area contributed by atoms with Crippen LogP contribution in [0.3, 0.4) is 0 Å². The molecule has 1 saturated carbocycles. The zero-order valence-electron chi connectivity index (χ0n) is 10.0. The Kier molecular flexibility index (Phi) is 3.06. The Morgan fingerprint density at radius 3 is 2.69 bits per heavy atom. The van der Waals surface area contributed by atoms with Gasteiger partial charge in [0, 0.05) is 4.88 Å². The van der Waals surface area contributed by atoms with Crippen LogP contribution in [0.15, 0.2) is 17.5 Å². The largest absolute Gasteiger partial charge is 0.462 e. The lowest BCUT2D eigenvalue weighted by Gasteiger charge is -2.34. The van der Waals surface area contributed by atoms with Gasteiger partial charge in [-0.1, -0.05) is 13.0 Å². The van der Waals surface area contributed by atoms with Crippen molar-refractivity contribution in [3.8, 4) is 0 Å². The topological polar surface area (TPSA) is 26.3 Å². The highest BCUT2D eigenvalue weighted by atomic mass is 32.1. The van der Waals surface area contributed by atoms with Crippen molar-refractivity contribution in [1.82, 2.24) is 0 Å². The highest BCUT2D eigenvalue weighted by molar-refractivity contribution is 7.10. The van der Waals surface area contributed by atoms with Crippen LogP contribution in [0.1, 0.15) is 38.5 Å². The Hall–Kier alpha value is -0.830. The summed E-state index contributed by atoms with van der Waals surface area (Å²) in [5.74, 6) is 0.620. The van der Waals surface area contributed by atoms with Crippen molar-refractivity contribution in [2.45, 2.75) is 45.1 Å². The molecular weight excluding hydrogens is 220 g/mol. The monoisotopic (exact) mass is 238 g/mol. The van der Waals surface area contributed by atoms with Crippen LogP contribution < -0.4 is 0 Å². The molecule has 0 amide bonds. The average molecular weight is 238 g/mol. The van der Waals surface area contributed by atoms with Crippen molar-refractivity contribution in [3.63, 3.8) is 0 Å². The molecule has 88 valence electrons. The number of ether oxygens (including phenoxy) is 1. The lowest BCUT2D eigenvalue weighted by atomic mass is 9.83. The second kappa shape index (κ2) is 4.21. The fourth-order valence-corrected chi connectivity index (χ4v) is 2.80. The van der Waals surface area contributed by atoms with Crippen LogP contribution in [-0.2, 0) is 14.9 Å². The Balaban J connectivity index is 1.98. The third-order valence-corrected chi connectivity index (χ3v) is 4.45. The Morgan fingerprint density at radius 1 is 1.50 bits per heavy atom. The summed E-state index contributed by atoms with van der Waals surface area (Å²) in [5, 5.41) is 2.00. The quantitative estimate of drug-likeness (QED) is 0.755. The van der Waals surface area contributed by atoms with Crippen LogP contribution in [0.5, 0.6) is 0 Å². The molecule has 0 unspecified atom stereocenters. The van der Waals surface area contributed by atoms with Crippen LogP contribution in [0.4, 0.5) is 0 Å². The molecule has 1 aromatic rings. The summed E-state index contributed by atoms with van der Waals surface area (Å²) < 4.78 is 5.51. The summed E-state index contributed by atoms with van der Waals surface area (Å²) >= 11 is 1.61. The van der Waals surface area contributed by atoms with Gasteiger partial charge in [0.15, 0.2) is 0 Å². The first kappa shape index (κ1) is 11.6. The molecule has 0 bridgehead atoms. The van der Waals surface area contributed by atoms with Crippen LogP contribution in [0.25, 0.3) is 0 Å². The third-order valence-electron chi connectivity index (χ3n) is 3.25. The van der Waals surface area contributed by atoms with E-state index >= 15 is 0 Å². The van der Waals surface area contributed by atoms with Crippen LogP contribution in [-0.4, -0.2) is 12.1 Å². The SMILES string of the molecule is CC1CC(OC(=O)C(C)(C)c2cccs2)C1. The molecule has 0 radical (unpaired) electrons. The smallest absolute Gasteiger partial charge is 0.317 e. The fraction of sp³-hybridized carbons (Fsp3) is 0.615. The minimum absolute atomic E-state index is 0.0909. The van der Waals surface area contributed by atoms with E-state index in [1.165, 1.54) is 0 Å². The Bertz CT molecular complexity index is 361. The number of carbonyl (C=O) groups excluding carboxylic acids is 1. The molecule has 0 atom stereocenters. The van der Waals surface area contributed by atoms with Crippen molar-refractivity contribution < 1.29 is 9.53 Å². The second-order valence-electron chi connectivity index (χ2n) is 5.21. The highest BCUT2D eigenvalue weighted by Crippen LogP contribution is 2.34. The van der Waals surface area contributed by atoms with E-state index in [0.717, 1.165) is 17.7 Å². The fourth-order valence-electron chi connectivity index (χ4n) is 1.96. The zero-order chi connectivity index (χ0) is 11.8. The number of esters is 1. The van der Waals surface area contributed by atoms with Gasteiger partial charge in [0.25, 0.3) is 0 Å². The maximum Gasteiger partial charge on any atom is 0.317 e. The van der Waals surface area contributed by atoms with E-state index < -0.39 is 5.41 Å². The molecule has 0 spiro atoms. The predicted octanol–water partition coefficient (Wildman–Crippen LogP) is 3.37. The van der Waals surface area contributed by atoms with E-state index in [9.17, 15) is 4.79 Å². The molecule has 1 aliphatic carbocycles. The van der Waals surface area contributed by atoms with Gasteiger partial charge in [-0.25, -0.2) is 0 Å². The van der Waals surface area contributed by atoms with E-state index in [1.807, 2.05) is 31.4 Å². The lowest BCUT2D eigenvalue weighted by molar-refractivity contribution is -0.161. The number of carbonyl (C=O) groups is 1. The molecular formula is C13H18O2S. The summed E-state index contributed by atoms with van der Waals surface area (Å²) in [6.45, 7) is 6.06. The molecule has 16 heavy (non-hydrogen) atoms. The third kappa shape index (κ3) is 2.14. The van der Waals surface area contributed by atoms with Crippen molar-refractivity contribution in [2.75, 3.05) is 0 Å². The van der Waals surface area contributed by atoms with Crippen molar-refractivity contribution >= 4 is 17.3 Å². The van der Waals surface area contributed by atoms with Gasteiger partial charge in [-0.05, 0) is 44.1 Å². The van der Waals surface area contributed by atoms with E-state index in [-0.39, 0.29) is 12.1 Å². The molecule has 0 saturated heterocycles. The zero-order valence-corrected chi connectivity index (χ0v) is 10.8. The van der Waals surface area contributed by atoms with Gasteiger partial charge < -0.3 is 4.74 Å². The number of hydrogen-bond acceptors (Lipinski definition) is 3. The number of rotatable bonds is 3. The molecule has 1 fully saturated rings. The van der Waals surface area contributed by atoms with Gasteiger partial charge in [-0.15, -0.1) is 11.3 Å². The molecule has 0 aromatic carbocycles. The average Bonchev–Trinajstić information content (AvgIpc) is 2.68. The molecule has 3 heteroatoms. The van der Waals surface area contributed by atoms with Gasteiger partial charge in [-0.3, -0.25) is 4.79 Å². The van der Waals surface area contributed by atoms with Gasteiger partial charge >= 0.3 is 5.97 Å². The molecule has 0 aliphatic heterocycles. The number of thiophene rings is 1. The van der Waals surface area contributed by atoms with Gasteiger partial charge in [0.2, 0.25) is 0 Å². The van der Waals surface area contributed by atoms with E-state index in [1.54, 1.807) is 11.3 Å². The maximum atomic E-state index is 12.1. The predicted molar refractivity (Wildman–Crippen MR) is 65.6 cm³/mol. The number of hydrogen-bond donors (Lipinski definition) is 0. The van der Waals surface area contributed by atoms with Crippen molar-refractivity contribution in [2.24, 2.45) is 5.92 Å². The standard InChI is InChI=1S/C13H18O2S/c1-9-7-10(8-9)15-12(14)13(2,3)11-5-4-6-16-11/h4-6,9-10H,7-8H2,1-3H3. The van der Waals surface area contributed by atoms with Crippen LogP contribution >= 0.6 is 11.3 Å². The maximum absolute atomic E-state index is 12.1.